The fraction of sp³-hybridized carbons (Fsp3) is 0.143. The molecule has 1 aromatic heterocycles. The van der Waals surface area contributed by atoms with E-state index < -0.39 is 0 Å². The van der Waals surface area contributed by atoms with E-state index in [1.54, 1.807) is 18.3 Å². The maximum Gasteiger partial charge on any atom is 0.251 e. The number of pyridine rings is 1. The van der Waals surface area contributed by atoms with E-state index in [9.17, 15) is 4.79 Å². The van der Waals surface area contributed by atoms with Crippen molar-refractivity contribution in [2.45, 2.75) is 13.2 Å². The molecule has 0 radical (unpaired) electrons. The molecule has 1 aliphatic rings. The summed E-state index contributed by atoms with van der Waals surface area (Å²) in [7, 11) is 0. The third-order valence-electron chi connectivity index (χ3n) is 4.15. The molecule has 0 saturated carbocycles. The van der Waals surface area contributed by atoms with Crippen LogP contribution in [0.2, 0.25) is 5.02 Å². The highest BCUT2D eigenvalue weighted by atomic mass is 35.5. The molecular weight excluding hydrogens is 380 g/mol. The summed E-state index contributed by atoms with van der Waals surface area (Å²) in [6, 6.07) is 16.4. The number of hydrogen-bond donors (Lipinski definition) is 1. The number of rotatable bonds is 6. The topological polar surface area (TPSA) is 69.7 Å². The summed E-state index contributed by atoms with van der Waals surface area (Å²) in [4.78, 5) is 16.7. The lowest BCUT2D eigenvalue weighted by atomic mass is 10.1. The predicted octanol–water partition coefficient (Wildman–Crippen LogP) is 3.97. The summed E-state index contributed by atoms with van der Waals surface area (Å²) in [6.45, 7) is 0.837. The summed E-state index contributed by atoms with van der Waals surface area (Å²) >= 11 is 6.14. The van der Waals surface area contributed by atoms with Crippen molar-refractivity contribution in [3.63, 3.8) is 0 Å². The molecule has 0 bridgehead atoms. The molecule has 0 saturated heterocycles. The summed E-state index contributed by atoms with van der Waals surface area (Å²) in [5, 5.41) is 3.22. The van der Waals surface area contributed by atoms with E-state index in [4.69, 9.17) is 25.8 Å². The lowest BCUT2D eigenvalue weighted by Gasteiger charge is -2.10. The van der Waals surface area contributed by atoms with Crippen LogP contribution in [-0.4, -0.2) is 17.7 Å². The molecule has 2 aromatic carbocycles. The van der Waals surface area contributed by atoms with Crippen LogP contribution in [-0.2, 0) is 13.2 Å². The highest BCUT2D eigenvalue weighted by Crippen LogP contribution is 2.39. The van der Waals surface area contributed by atoms with Gasteiger partial charge in [0.15, 0.2) is 11.5 Å². The minimum Gasteiger partial charge on any atom is -0.487 e. The Morgan fingerprint density at radius 3 is 2.93 bits per heavy atom. The number of ether oxygens (including phenoxy) is 3. The molecule has 7 heteroatoms. The zero-order valence-electron chi connectivity index (χ0n) is 14.9. The average molecular weight is 397 g/mol. The van der Waals surface area contributed by atoms with Crippen molar-refractivity contribution in [1.82, 2.24) is 10.3 Å². The number of nitrogens with one attached hydrogen (secondary N) is 1. The number of aromatic nitrogens is 1. The maximum atomic E-state index is 12.5. The van der Waals surface area contributed by atoms with Gasteiger partial charge in [0, 0.05) is 18.3 Å². The second-order valence-electron chi connectivity index (χ2n) is 6.13. The van der Waals surface area contributed by atoms with Crippen molar-refractivity contribution < 1.29 is 19.0 Å². The van der Waals surface area contributed by atoms with Gasteiger partial charge in [-0.05, 0) is 42.0 Å². The standard InChI is InChI=1S/C21H17ClN2O4/c22-18-9-15(10-19-20(18)28-13-27-19)21(25)24-11-14-4-3-6-17(8-14)26-12-16-5-1-2-7-23-16/h1-10H,11-13H2,(H,24,25). The zero-order chi connectivity index (χ0) is 19.3. The second-order valence-corrected chi connectivity index (χ2v) is 6.54. The molecule has 0 unspecified atom stereocenters. The van der Waals surface area contributed by atoms with E-state index in [2.05, 4.69) is 10.3 Å². The van der Waals surface area contributed by atoms with Crippen LogP contribution < -0.4 is 19.5 Å². The Balaban J connectivity index is 1.37. The number of fused-ring (bicyclic) bond motifs is 1. The Hall–Kier alpha value is -3.25. The van der Waals surface area contributed by atoms with Gasteiger partial charge in [0.1, 0.15) is 12.4 Å². The third kappa shape index (κ3) is 4.18. The molecule has 0 spiro atoms. The van der Waals surface area contributed by atoms with Crippen LogP contribution in [0.5, 0.6) is 17.2 Å². The molecule has 1 amide bonds. The van der Waals surface area contributed by atoms with Gasteiger partial charge >= 0.3 is 0 Å². The normalized spacial score (nSPS) is 11.9. The van der Waals surface area contributed by atoms with Gasteiger partial charge in [-0.25, -0.2) is 0 Å². The zero-order valence-corrected chi connectivity index (χ0v) is 15.6. The molecule has 0 atom stereocenters. The number of benzene rings is 2. The first-order valence-electron chi connectivity index (χ1n) is 8.68. The van der Waals surface area contributed by atoms with Crippen LogP contribution in [0, 0.1) is 0 Å². The summed E-state index contributed by atoms with van der Waals surface area (Å²) < 4.78 is 16.3. The molecule has 6 nitrogen and oxygen atoms in total. The molecule has 3 aromatic rings. The largest absolute Gasteiger partial charge is 0.487 e. The molecule has 28 heavy (non-hydrogen) atoms. The smallest absolute Gasteiger partial charge is 0.251 e. The van der Waals surface area contributed by atoms with E-state index in [-0.39, 0.29) is 12.7 Å². The molecule has 4 rings (SSSR count). The fourth-order valence-corrected chi connectivity index (χ4v) is 3.03. The van der Waals surface area contributed by atoms with Gasteiger partial charge in [0.25, 0.3) is 5.91 Å². The van der Waals surface area contributed by atoms with Crippen LogP contribution in [0.25, 0.3) is 0 Å². The predicted molar refractivity (Wildman–Crippen MR) is 104 cm³/mol. The van der Waals surface area contributed by atoms with E-state index >= 15 is 0 Å². The molecule has 0 fully saturated rings. The van der Waals surface area contributed by atoms with Crippen LogP contribution in [0.4, 0.5) is 0 Å². The van der Waals surface area contributed by atoms with Gasteiger partial charge in [-0.2, -0.15) is 0 Å². The Bertz CT molecular complexity index is 995. The highest BCUT2D eigenvalue weighted by molar-refractivity contribution is 6.32. The Morgan fingerprint density at radius 1 is 1.14 bits per heavy atom. The summed E-state index contributed by atoms with van der Waals surface area (Å²) in [6.07, 6.45) is 1.73. The van der Waals surface area contributed by atoms with Crippen molar-refractivity contribution in [2.24, 2.45) is 0 Å². The number of carbonyl (C=O) groups is 1. The molecule has 1 N–H and O–H groups in total. The quantitative estimate of drug-likeness (QED) is 0.682. The first-order valence-corrected chi connectivity index (χ1v) is 9.06. The molecule has 1 aliphatic heterocycles. The van der Waals surface area contributed by atoms with E-state index in [1.807, 2.05) is 42.5 Å². The highest BCUT2D eigenvalue weighted by Gasteiger charge is 2.20. The average Bonchev–Trinajstić information content (AvgIpc) is 3.21. The van der Waals surface area contributed by atoms with Gasteiger partial charge in [0.2, 0.25) is 6.79 Å². The number of nitrogens with zero attached hydrogens (tertiary/aromatic N) is 1. The second kappa shape index (κ2) is 8.19. The van der Waals surface area contributed by atoms with Crippen molar-refractivity contribution >= 4 is 17.5 Å². The van der Waals surface area contributed by atoms with Crippen molar-refractivity contribution in [3.05, 3.63) is 82.6 Å². The monoisotopic (exact) mass is 396 g/mol. The first-order chi connectivity index (χ1) is 13.7. The van der Waals surface area contributed by atoms with Crippen molar-refractivity contribution in [1.29, 1.82) is 0 Å². The van der Waals surface area contributed by atoms with Crippen LogP contribution in [0.1, 0.15) is 21.6 Å². The fourth-order valence-electron chi connectivity index (χ4n) is 2.77. The van der Waals surface area contributed by atoms with E-state index in [0.29, 0.717) is 41.0 Å². The Morgan fingerprint density at radius 2 is 2.07 bits per heavy atom. The van der Waals surface area contributed by atoms with Gasteiger partial charge < -0.3 is 19.5 Å². The lowest BCUT2D eigenvalue weighted by Crippen LogP contribution is -2.22. The van der Waals surface area contributed by atoms with Gasteiger partial charge in [-0.15, -0.1) is 0 Å². The summed E-state index contributed by atoms with van der Waals surface area (Å²) in [5.74, 6) is 1.40. The summed E-state index contributed by atoms with van der Waals surface area (Å²) in [5.41, 5.74) is 2.18. The van der Waals surface area contributed by atoms with Gasteiger partial charge in [-0.3, -0.25) is 9.78 Å². The van der Waals surface area contributed by atoms with Gasteiger partial charge in [-0.1, -0.05) is 29.8 Å². The van der Waals surface area contributed by atoms with E-state index in [1.165, 1.54) is 0 Å². The lowest BCUT2D eigenvalue weighted by molar-refractivity contribution is 0.0950. The van der Waals surface area contributed by atoms with Crippen molar-refractivity contribution in [3.8, 4) is 17.2 Å². The maximum absolute atomic E-state index is 12.5. The number of halogens is 1. The first kappa shape index (κ1) is 18.1. The van der Waals surface area contributed by atoms with Crippen molar-refractivity contribution in [2.75, 3.05) is 6.79 Å². The van der Waals surface area contributed by atoms with E-state index in [0.717, 1.165) is 11.3 Å². The molecule has 0 aliphatic carbocycles. The van der Waals surface area contributed by atoms with Crippen LogP contribution in [0.15, 0.2) is 60.8 Å². The Labute approximate surface area is 167 Å². The van der Waals surface area contributed by atoms with Crippen LogP contribution >= 0.6 is 11.6 Å². The number of amides is 1. The Kier molecular flexibility index (Phi) is 5.30. The number of carbonyl (C=O) groups excluding carboxylic acids is 1. The SMILES string of the molecule is O=C(NCc1cccc(OCc2ccccn2)c1)c1cc(Cl)c2c(c1)OCO2. The molecule has 2 heterocycles. The molecular formula is C21H17ClN2O4. The minimum absolute atomic E-state index is 0.103. The number of hydrogen-bond acceptors (Lipinski definition) is 5. The third-order valence-corrected chi connectivity index (χ3v) is 4.43. The molecule has 142 valence electrons. The van der Waals surface area contributed by atoms with Crippen LogP contribution in [0.3, 0.4) is 0 Å². The van der Waals surface area contributed by atoms with Gasteiger partial charge in [0.05, 0.1) is 10.7 Å². The minimum atomic E-state index is -0.250.